The molecule has 56 heavy (non-hydrogen) atoms. The molecular formula is C33H40F6N12O3S2. The van der Waals surface area contributed by atoms with Gasteiger partial charge in [0.1, 0.15) is 0 Å². The number of aliphatic imine (C=N–C) groups is 1. The zero-order chi connectivity index (χ0) is 41.6. The Morgan fingerprint density at radius 1 is 0.643 bits per heavy atom. The van der Waals surface area contributed by atoms with Gasteiger partial charge in [-0.05, 0) is 55.3 Å². The predicted molar refractivity (Wildman–Crippen MR) is 207 cm³/mol. The molecule has 16 N–H and O–H groups in total. The van der Waals surface area contributed by atoms with E-state index in [-0.39, 0.29) is 87.2 Å². The van der Waals surface area contributed by atoms with Crippen LogP contribution in [0.15, 0.2) is 68.4 Å². The summed E-state index contributed by atoms with van der Waals surface area (Å²) < 4.78 is 83.9. The van der Waals surface area contributed by atoms with Gasteiger partial charge < -0.3 is 50.4 Å². The van der Waals surface area contributed by atoms with E-state index in [0.717, 1.165) is 41.7 Å². The van der Waals surface area contributed by atoms with Crippen LogP contribution in [0.1, 0.15) is 51.1 Å². The van der Waals surface area contributed by atoms with Gasteiger partial charge in [0.25, 0.3) is 11.8 Å². The Balaban J connectivity index is 1.98. The number of hydrazone groups is 1. The highest BCUT2D eigenvalue weighted by Gasteiger charge is 2.34. The maximum absolute atomic E-state index is 14.1. The molecular weight excluding hydrogens is 791 g/mol. The lowest BCUT2D eigenvalue weighted by Gasteiger charge is -2.19. The molecule has 0 radical (unpaired) electrons. The van der Waals surface area contributed by atoms with E-state index in [4.69, 9.17) is 34.4 Å². The van der Waals surface area contributed by atoms with E-state index in [1.165, 1.54) is 18.2 Å². The number of unbranched alkanes of at least 4 members (excludes halogenated alkanes) is 1. The first-order chi connectivity index (χ1) is 26.3. The van der Waals surface area contributed by atoms with Crippen molar-refractivity contribution >= 4 is 75.9 Å². The van der Waals surface area contributed by atoms with Crippen molar-refractivity contribution in [1.82, 2.24) is 0 Å². The summed E-state index contributed by atoms with van der Waals surface area (Å²) in [5.74, 6) is -2.70. The number of nitrogens with zero attached hydrogens (tertiary/aromatic N) is 2. The van der Waals surface area contributed by atoms with Crippen molar-refractivity contribution in [2.24, 2.45) is 44.5 Å². The molecule has 0 spiro atoms. The van der Waals surface area contributed by atoms with Gasteiger partial charge in [0.05, 0.1) is 43.7 Å². The lowest BCUT2D eigenvalue weighted by Crippen LogP contribution is -2.24. The van der Waals surface area contributed by atoms with Gasteiger partial charge in [-0.15, -0.1) is 28.6 Å². The quantitative estimate of drug-likeness (QED) is 0.0214. The number of carbonyl (C=O) groups is 3. The van der Waals surface area contributed by atoms with Crippen LogP contribution in [0.25, 0.3) is 0 Å². The van der Waals surface area contributed by atoms with Gasteiger partial charge in [0.15, 0.2) is 5.96 Å². The third-order valence-corrected chi connectivity index (χ3v) is 9.47. The minimum Gasteiger partial charge on any atom is -0.370 e. The number of benzene rings is 3. The number of carbonyl (C=O) groups excluding carboxylic acids is 3. The highest BCUT2D eigenvalue weighted by atomic mass is 32.2. The second-order valence-corrected chi connectivity index (χ2v) is 13.7. The molecule has 0 aliphatic rings. The summed E-state index contributed by atoms with van der Waals surface area (Å²) in [6, 6.07) is 7.79. The topological polar surface area (TPSA) is 280 Å². The molecule has 0 saturated heterocycles. The smallest absolute Gasteiger partial charge is 0.370 e. The summed E-state index contributed by atoms with van der Waals surface area (Å²) in [5.41, 5.74) is 31.1. The number of nitrogens with one attached hydrogen (secondary N) is 4. The number of amides is 3. The molecule has 0 bridgehead atoms. The van der Waals surface area contributed by atoms with Gasteiger partial charge >= 0.3 is 12.4 Å². The van der Waals surface area contributed by atoms with Crippen LogP contribution in [0.2, 0.25) is 0 Å². The summed E-state index contributed by atoms with van der Waals surface area (Å²) in [6.07, 6.45) is -9.08. The minimum atomic E-state index is -4.89. The Morgan fingerprint density at radius 3 is 1.55 bits per heavy atom. The number of hydrogen-bond acceptors (Lipinski definition) is 10. The van der Waals surface area contributed by atoms with E-state index >= 15 is 0 Å². The summed E-state index contributed by atoms with van der Waals surface area (Å²) in [6.45, 7) is 0.458. The first kappa shape index (κ1) is 45.0. The minimum absolute atomic E-state index is 0.0738. The molecule has 0 atom stereocenters. The van der Waals surface area contributed by atoms with Gasteiger partial charge in [-0.1, -0.05) is 6.07 Å². The van der Waals surface area contributed by atoms with Gasteiger partial charge in [0, 0.05) is 48.7 Å². The van der Waals surface area contributed by atoms with Crippen LogP contribution in [0.3, 0.4) is 0 Å². The molecule has 3 amide bonds. The molecule has 3 rings (SSSR count). The van der Waals surface area contributed by atoms with Crippen molar-refractivity contribution in [2.45, 2.75) is 41.4 Å². The number of hydrogen-bond donors (Lipinski definition) is 10. The van der Waals surface area contributed by atoms with Gasteiger partial charge in [-0.2, -0.15) is 26.3 Å². The fraction of sp³-hybridized carbons (Fsp3) is 0.303. The van der Waals surface area contributed by atoms with E-state index in [9.17, 15) is 40.7 Å². The van der Waals surface area contributed by atoms with Gasteiger partial charge in [0.2, 0.25) is 11.9 Å². The first-order valence-corrected chi connectivity index (χ1v) is 18.4. The molecule has 0 aliphatic heterocycles. The Hall–Kier alpha value is -5.39. The van der Waals surface area contributed by atoms with Crippen LogP contribution >= 0.6 is 23.5 Å². The van der Waals surface area contributed by atoms with E-state index in [2.05, 4.69) is 31.5 Å². The molecule has 0 fully saturated rings. The summed E-state index contributed by atoms with van der Waals surface area (Å²) in [7, 11) is 0. The lowest BCUT2D eigenvalue weighted by atomic mass is 10.1. The van der Waals surface area contributed by atoms with Crippen LogP contribution in [0.5, 0.6) is 0 Å². The van der Waals surface area contributed by atoms with E-state index < -0.39 is 47.2 Å². The number of rotatable bonds is 18. The second kappa shape index (κ2) is 20.5. The molecule has 304 valence electrons. The molecule has 0 heterocycles. The number of anilines is 4. The number of halogens is 6. The molecule has 15 nitrogen and oxygen atoms in total. The molecule has 0 saturated carbocycles. The average Bonchev–Trinajstić information content (AvgIpc) is 3.11. The van der Waals surface area contributed by atoms with E-state index in [0.29, 0.717) is 25.0 Å². The van der Waals surface area contributed by atoms with Crippen LogP contribution < -0.4 is 55.8 Å². The fourth-order valence-electron chi connectivity index (χ4n) is 4.71. The number of nitrogens with two attached hydrogens (primary N) is 6. The standard InChI is InChI=1S/C33H40F6N12O3S2/c34-32(35,36)19-13-21(47-25(52)6-1-2-9-46-30(42)43)26(55-10-7-40)22(14-19)48-28(53)17-4-3-5-18(12-17)29(54)49-23-15-20(33(37,38)39)16-24(50-51-31(44)45)27(23)56-11-8-41/h3-5,12-16,50H,1-2,6-11,40-41H2,(H,47,52)(H,48,53)(H,49,54)(H4,42,43,46)(H4,44,45,51). The van der Waals surface area contributed by atoms with Gasteiger partial charge in [-0.25, -0.2) is 0 Å². The maximum Gasteiger partial charge on any atom is 0.416 e. The largest absolute Gasteiger partial charge is 0.416 e. The molecule has 3 aromatic rings. The average molecular weight is 831 g/mol. The molecule has 0 aromatic heterocycles. The van der Waals surface area contributed by atoms with E-state index in [1.807, 2.05) is 0 Å². The van der Waals surface area contributed by atoms with Crippen LogP contribution in [0.4, 0.5) is 49.1 Å². The van der Waals surface area contributed by atoms with Crippen molar-refractivity contribution in [2.75, 3.05) is 52.5 Å². The monoisotopic (exact) mass is 830 g/mol. The Labute approximate surface area is 325 Å². The number of guanidine groups is 2. The zero-order valence-electron chi connectivity index (χ0n) is 29.4. The second-order valence-electron chi connectivity index (χ2n) is 11.5. The highest BCUT2D eigenvalue weighted by molar-refractivity contribution is 7.99. The Kier molecular flexibility index (Phi) is 16.5. The predicted octanol–water partition coefficient (Wildman–Crippen LogP) is 4.31. The van der Waals surface area contributed by atoms with Crippen molar-refractivity contribution in [3.05, 3.63) is 70.8 Å². The summed E-state index contributed by atoms with van der Waals surface area (Å²) >= 11 is 1.98. The van der Waals surface area contributed by atoms with Crippen molar-refractivity contribution in [1.29, 1.82) is 0 Å². The maximum atomic E-state index is 14.1. The summed E-state index contributed by atoms with van der Waals surface area (Å²) in [5, 5.41) is 10.9. The molecule has 0 aliphatic carbocycles. The Bertz CT molecular complexity index is 1940. The van der Waals surface area contributed by atoms with Crippen LogP contribution in [-0.4, -0.2) is 60.8 Å². The van der Waals surface area contributed by atoms with Crippen LogP contribution in [0, 0.1) is 0 Å². The molecule has 0 unspecified atom stereocenters. The highest BCUT2D eigenvalue weighted by Crippen LogP contribution is 2.43. The zero-order valence-corrected chi connectivity index (χ0v) is 31.1. The van der Waals surface area contributed by atoms with Crippen molar-refractivity contribution in [3.63, 3.8) is 0 Å². The van der Waals surface area contributed by atoms with Crippen LogP contribution in [-0.2, 0) is 17.1 Å². The van der Waals surface area contributed by atoms with E-state index in [1.54, 1.807) is 0 Å². The fourth-order valence-corrected chi connectivity index (χ4v) is 6.41. The third-order valence-electron chi connectivity index (χ3n) is 7.13. The molecule has 23 heteroatoms. The third kappa shape index (κ3) is 13.7. The van der Waals surface area contributed by atoms with Gasteiger partial charge in [-0.3, -0.25) is 24.8 Å². The number of alkyl halides is 6. The normalized spacial score (nSPS) is 11.4. The van der Waals surface area contributed by atoms with Crippen molar-refractivity contribution < 1.29 is 40.7 Å². The molecule has 3 aromatic carbocycles. The first-order valence-electron chi connectivity index (χ1n) is 16.4. The lowest BCUT2D eigenvalue weighted by molar-refractivity contribution is -0.138. The Morgan fingerprint density at radius 2 is 1.11 bits per heavy atom. The SMILES string of the molecule is NCCSc1c(NN=C(N)N)cc(C(F)(F)F)cc1NC(=O)c1cccc(C(=O)Nc2cc(C(F)(F)F)cc(NC(=O)CCCCN=C(N)N)c2SCCN)c1. The number of thioether (sulfide) groups is 2. The summed E-state index contributed by atoms with van der Waals surface area (Å²) in [4.78, 5) is 43.8. The van der Waals surface area contributed by atoms with Crippen molar-refractivity contribution in [3.8, 4) is 0 Å².